The zero-order valence-corrected chi connectivity index (χ0v) is 7.79. The summed E-state index contributed by atoms with van der Waals surface area (Å²) in [5.74, 6) is 0.758. The number of rotatable bonds is 3. The Hall–Kier alpha value is -1.53. The summed E-state index contributed by atoms with van der Waals surface area (Å²) in [5, 5.41) is 11.7. The number of methoxy groups -OCH3 is 1. The van der Waals surface area contributed by atoms with Crippen molar-refractivity contribution in [2.75, 3.05) is 14.2 Å². The number of nitrogens with one attached hydrogen (secondary N) is 1. The lowest BCUT2D eigenvalue weighted by Gasteiger charge is -2.07. The lowest BCUT2D eigenvalue weighted by Crippen LogP contribution is -2.06. The highest BCUT2D eigenvalue weighted by Crippen LogP contribution is 2.19. The normalized spacial score (nSPS) is 9.31. The number of nitriles is 1. The largest absolute Gasteiger partial charge is 0.496 e. The third-order valence-corrected chi connectivity index (χ3v) is 1.78. The average Bonchev–Trinajstić information content (AvgIpc) is 2.19. The molecule has 0 aromatic heterocycles. The first-order valence-corrected chi connectivity index (χ1v) is 4.03. The van der Waals surface area contributed by atoms with Gasteiger partial charge in [-0.15, -0.1) is 0 Å². The molecule has 3 nitrogen and oxygen atoms in total. The second-order valence-corrected chi connectivity index (χ2v) is 2.67. The zero-order valence-electron chi connectivity index (χ0n) is 7.79. The molecular formula is C10H12N2O. The summed E-state index contributed by atoms with van der Waals surface area (Å²) in [6, 6.07) is 7.50. The first-order chi connectivity index (χ1) is 6.31. The number of benzene rings is 1. The molecule has 0 saturated heterocycles. The topological polar surface area (TPSA) is 45.0 Å². The predicted octanol–water partition coefficient (Wildman–Crippen LogP) is 1.29. The fraction of sp³-hybridized carbons (Fsp3) is 0.300. The molecule has 0 aliphatic rings. The molecule has 0 spiro atoms. The molecule has 1 rings (SSSR count). The van der Waals surface area contributed by atoms with Gasteiger partial charge in [-0.05, 0) is 19.2 Å². The second-order valence-electron chi connectivity index (χ2n) is 2.67. The van der Waals surface area contributed by atoms with E-state index in [1.807, 2.05) is 13.1 Å². The minimum absolute atomic E-state index is 0.622. The van der Waals surface area contributed by atoms with Crippen LogP contribution in [0.5, 0.6) is 5.75 Å². The molecular weight excluding hydrogens is 164 g/mol. The Labute approximate surface area is 77.9 Å². The molecule has 13 heavy (non-hydrogen) atoms. The van der Waals surface area contributed by atoms with Crippen LogP contribution in [-0.2, 0) is 6.54 Å². The Balaban J connectivity index is 3.02. The van der Waals surface area contributed by atoms with E-state index < -0.39 is 0 Å². The number of ether oxygens (including phenoxy) is 1. The van der Waals surface area contributed by atoms with Gasteiger partial charge >= 0.3 is 0 Å². The maximum atomic E-state index is 8.66. The van der Waals surface area contributed by atoms with Crippen LogP contribution in [0, 0.1) is 11.3 Å². The molecule has 1 aromatic rings. The van der Waals surface area contributed by atoms with Crippen molar-refractivity contribution < 1.29 is 4.74 Å². The van der Waals surface area contributed by atoms with Crippen LogP contribution in [0.15, 0.2) is 18.2 Å². The van der Waals surface area contributed by atoms with Crippen molar-refractivity contribution >= 4 is 0 Å². The van der Waals surface area contributed by atoms with E-state index in [1.165, 1.54) is 0 Å². The third-order valence-electron chi connectivity index (χ3n) is 1.78. The van der Waals surface area contributed by atoms with Crippen LogP contribution < -0.4 is 10.1 Å². The molecule has 0 amide bonds. The van der Waals surface area contributed by atoms with Crippen LogP contribution >= 0.6 is 0 Å². The molecule has 0 bridgehead atoms. The SMILES string of the molecule is CNCc1ccc(C#N)cc1OC. The Bertz CT molecular complexity index is 328. The average molecular weight is 176 g/mol. The number of hydrogen-bond acceptors (Lipinski definition) is 3. The smallest absolute Gasteiger partial charge is 0.124 e. The Morgan fingerprint density at radius 2 is 2.31 bits per heavy atom. The summed E-state index contributed by atoms with van der Waals surface area (Å²) in [6.07, 6.45) is 0. The van der Waals surface area contributed by atoms with Crippen molar-refractivity contribution in [1.82, 2.24) is 5.32 Å². The predicted molar refractivity (Wildman–Crippen MR) is 50.5 cm³/mol. The third kappa shape index (κ3) is 2.20. The highest BCUT2D eigenvalue weighted by Gasteiger charge is 2.02. The molecule has 1 aromatic carbocycles. The summed E-state index contributed by atoms with van der Waals surface area (Å²) < 4.78 is 5.15. The molecule has 0 fully saturated rings. The molecule has 0 saturated carbocycles. The first kappa shape index (κ1) is 9.56. The van der Waals surface area contributed by atoms with E-state index in [4.69, 9.17) is 10.00 Å². The summed E-state index contributed by atoms with van der Waals surface area (Å²) >= 11 is 0. The van der Waals surface area contributed by atoms with E-state index in [2.05, 4.69) is 11.4 Å². The summed E-state index contributed by atoms with van der Waals surface area (Å²) in [5.41, 5.74) is 1.68. The molecule has 0 heterocycles. The van der Waals surface area contributed by atoms with E-state index in [9.17, 15) is 0 Å². The fourth-order valence-corrected chi connectivity index (χ4v) is 1.15. The lowest BCUT2D eigenvalue weighted by molar-refractivity contribution is 0.408. The van der Waals surface area contributed by atoms with Gasteiger partial charge in [-0.2, -0.15) is 5.26 Å². The van der Waals surface area contributed by atoms with Crippen molar-refractivity contribution in [2.24, 2.45) is 0 Å². The minimum Gasteiger partial charge on any atom is -0.496 e. The first-order valence-electron chi connectivity index (χ1n) is 4.03. The number of hydrogen-bond donors (Lipinski definition) is 1. The Morgan fingerprint density at radius 3 is 2.85 bits per heavy atom. The lowest BCUT2D eigenvalue weighted by atomic mass is 10.1. The molecule has 0 aliphatic carbocycles. The van der Waals surface area contributed by atoms with Crippen LogP contribution in [0.1, 0.15) is 11.1 Å². The van der Waals surface area contributed by atoms with Gasteiger partial charge in [-0.3, -0.25) is 0 Å². The van der Waals surface area contributed by atoms with E-state index in [-0.39, 0.29) is 0 Å². The fourth-order valence-electron chi connectivity index (χ4n) is 1.15. The van der Waals surface area contributed by atoms with Gasteiger partial charge < -0.3 is 10.1 Å². The van der Waals surface area contributed by atoms with Gasteiger partial charge in [-0.25, -0.2) is 0 Å². The Kier molecular flexibility index (Phi) is 3.30. The standard InChI is InChI=1S/C10H12N2O/c1-12-7-9-4-3-8(6-11)5-10(9)13-2/h3-5,12H,7H2,1-2H3. The summed E-state index contributed by atoms with van der Waals surface area (Å²) in [7, 11) is 3.48. The Morgan fingerprint density at radius 1 is 1.54 bits per heavy atom. The minimum atomic E-state index is 0.622. The molecule has 68 valence electrons. The van der Waals surface area contributed by atoms with Gasteiger partial charge in [0.25, 0.3) is 0 Å². The molecule has 3 heteroatoms. The monoisotopic (exact) mass is 176 g/mol. The van der Waals surface area contributed by atoms with Crippen LogP contribution in [-0.4, -0.2) is 14.2 Å². The van der Waals surface area contributed by atoms with E-state index in [1.54, 1.807) is 19.2 Å². The number of nitrogens with zero attached hydrogens (tertiary/aromatic N) is 1. The second kappa shape index (κ2) is 4.48. The molecule has 0 radical (unpaired) electrons. The van der Waals surface area contributed by atoms with Crippen molar-refractivity contribution in [3.05, 3.63) is 29.3 Å². The molecule has 0 atom stereocenters. The summed E-state index contributed by atoms with van der Waals surface area (Å²) in [4.78, 5) is 0. The summed E-state index contributed by atoms with van der Waals surface area (Å²) in [6.45, 7) is 0.745. The van der Waals surface area contributed by atoms with Crippen LogP contribution in [0.2, 0.25) is 0 Å². The van der Waals surface area contributed by atoms with Crippen LogP contribution in [0.4, 0.5) is 0 Å². The quantitative estimate of drug-likeness (QED) is 0.754. The van der Waals surface area contributed by atoms with Gasteiger partial charge in [0.2, 0.25) is 0 Å². The molecule has 0 unspecified atom stereocenters. The van der Waals surface area contributed by atoms with Gasteiger partial charge in [0, 0.05) is 12.1 Å². The maximum absolute atomic E-state index is 8.66. The van der Waals surface area contributed by atoms with E-state index in [0.29, 0.717) is 5.56 Å². The van der Waals surface area contributed by atoms with E-state index in [0.717, 1.165) is 17.9 Å². The highest BCUT2D eigenvalue weighted by atomic mass is 16.5. The van der Waals surface area contributed by atoms with Crippen molar-refractivity contribution in [3.8, 4) is 11.8 Å². The van der Waals surface area contributed by atoms with Crippen molar-refractivity contribution in [1.29, 1.82) is 5.26 Å². The van der Waals surface area contributed by atoms with Gasteiger partial charge in [-0.1, -0.05) is 6.07 Å². The highest BCUT2D eigenvalue weighted by molar-refractivity contribution is 5.42. The van der Waals surface area contributed by atoms with Crippen molar-refractivity contribution in [2.45, 2.75) is 6.54 Å². The molecule has 0 aliphatic heterocycles. The van der Waals surface area contributed by atoms with Gasteiger partial charge in [0.05, 0.1) is 18.7 Å². The van der Waals surface area contributed by atoms with Crippen molar-refractivity contribution in [3.63, 3.8) is 0 Å². The van der Waals surface area contributed by atoms with Crippen LogP contribution in [0.3, 0.4) is 0 Å². The van der Waals surface area contributed by atoms with Gasteiger partial charge in [0.15, 0.2) is 0 Å². The van der Waals surface area contributed by atoms with Crippen LogP contribution in [0.25, 0.3) is 0 Å². The van der Waals surface area contributed by atoms with Gasteiger partial charge in [0.1, 0.15) is 5.75 Å². The maximum Gasteiger partial charge on any atom is 0.124 e. The zero-order chi connectivity index (χ0) is 9.68. The van der Waals surface area contributed by atoms with E-state index >= 15 is 0 Å². The molecule has 1 N–H and O–H groups in total.